The van der Waals surface area contributed by atoms with Crippen LogP contribution in [0.5, 0.6) is 0 Å². The minimum Gasteiger partial charge on any atom is -0.399 e. The second-order valence-corrected chi connectivity index (χ2v) is 3.75. The van der Waals surface area contributed by atoms with Gasteiger partial charge in [0.1, 0.15) is 5.82 Å². The Morgan fingerprint density at radius 2 is 2.00 bits per heavy atom. The SMILES string of the molecule is Nc1cc(C(F)F)c2scc(F)c2c1. The molecule has 2 aromatic rings. The highest BCUT2D eigenvalue weighted by Gasteiger charge is 2.15. The van der Waals surface area contributed by atoms with Crippen LogP contribution >= 0.6 is 11.3 Å². The van der Waals surface area contributed by atoms with Crippen LogP contribution in [-0.2, 0) is 0 Å². The topological polar surface area (TPSA) is 26.0 Å². The van der Waals surface area contributed by atoms with Crippen LogP contribution in [0.25, 0.3) is 10.1 Å². The lowest BCUT2D eigenvalue weighted by atomic mass is 10.1. The molecule has 0 aliphatic heterocycles. The number of benzene rings is 1. The predicted molar refractivity (Wildman–Crippen MR) is 51.2 cm³/mol. The van der Waals surface area contributed by atoms with E-state index >= 15 is 0 Å². The molecule has 74 valence electrons. The van der Waals surface area contributed by atoms with E-state index in [0.717, 1.165) is 11.3 Å². The summed E-state index contributed by atoms with van der Waals surface area (Å²) in [5.74, 6) is -0.501. The quantitative estimate of drug-likeness (QED) is 0.726. The van der Waals surface area contributed by atoms with E-state index in [4.69, 9.17) is 5.73 Å². The smallest absolute Gasteiger partial charge is 0.265 e. The van der Waals surface area contributed by atoms with Gasteiger partial charge in [-0.3, -0.25) is 0 Å². The number of rotatable bonds is 1. The van der Waals surface area contributed by atoms with E-state index in [9.17, 15) is 13.2 Å². The lowest BCUT2D eigenvalue weighted by molar-refractivity contribution is 0.153. The van der Waals surface area contributed by atoms with Crippen LogP contribution in [-0.4, -0.2) is 0 Å². The number of fused-ring (bicyclic) bond motifs is 1. The van der Waals surface area contributed by atoms with Crippen molar-refractivity contribution in [3.63, 3.8) is 0 Å². The van der Waals surface area contributed by atoms with Crippen LogP contribution in [0.4, 0.5) is 18.9 Å². The number of alkyl halides is 2. The van der Waals surface area contributed by atoms with Gasteiger partial charge in [-0.15, -0.1) is 11.3 Å². The van der Waals surface area contributed by atoms with Gasteiger partial charge in [-0.1, -0.05) is 0 Å². The summed E-state index contributed by atoms with van der Waals surface area (Å²) in [5, 5.41) is 1.38. The Bertz CT molecular complexity index is 478. The standard InChI is InChI=1S/C9H6F3NS/c10-7-3-14-8-5(7)1-4(13)2-6(8)9(11)12/h1-3,9H,13H2. The van der Waals surface area contributed by atoms with Gasteiger partial charge in [0.15, 0.2) is 0 Å². The maximum Gasteiger partial charge on any atom is 0.265 e. The van der Waals surface area contributed by atoms with Gasteiger partial charge in [0.25, 0.3) is 6.43 Å². The second-order valence-electron chi connectivity index (χ2n) is 2.87. The molecule has 2 N–H and O–H groups in total. The number of hydrogen-bond acceptors (Lipinski definition) is 2. The minimum absolute atomic E-state index is 0.158. The van der Waals surface area contributed by atoms with E-state index in [1.54, 1.807) is 0 Å². The zero-order valence-corrected chi connectivity index (χ0v) is 7.75. The maximum absolute atomic E-state index is 13.1. The van der Waals surface area contributed by atoms with E-state index in [1.165, 1.54) is 17.5 Å². The third-order valence-electron chi connectivity index (χ3n) is 1.91. The molecule has 0 atom stereocenters. The monoisotopic (exact) mass is 217 g/mol. The first-order valence-corrected chi connectivity index (χ1v) is 4.72. The highest BCUT2D eigenvalue weighted by molar-refractivity contribution is 7.17. The van der Waals surface area contributed by atoms with E-state index < -0.39 is 12.2 Å². The zero-order valence-electron chi connectivity index (χ0n) is 6.93. The predicted octanol–water partition coefficient (Wildman–Crippen LogP) is 3.56. The van der Waals surface area contributed by atoms with Gasteiger partial charge in [-0.05, 0) is 12.1 Å². The number of thiophene rings is 1. The van der Waals surface area contributed by atoms with Gasteiger partial charge in [0.2, 0.25) is 0 Å². The molecule has 1 nitrogen and oxygen atoms in total. The van der Waals surface area contributed by atoms with Crippen LogP contribution in [0.2, 0.25) is 0 Å². The molecule has 1 heterocycles. The van der Waals surface area contributed by atoms with E-state index in [-0.39, 0.29) is 21.3 Å². The molecule has 0 aliphatic rings. The summed E-state index contributed by atoms with van der Waals surface area (Å²) in [7, 11) is 0. The molecular formula is C9H6F3NS. The first kappa shape index (κ1) is 9.33. The molecule has 0 fully saturated rings. The van der Waals surface area contributed by atoms with Crippen LogP contribution in [0, 0.1) is 5.82 Å². The highest BCUT2D eigenvalue weighted by Crippen LogP contribution is 2.35. The van der Waals surface area contributed by atoms with Crippen LogP contribution in [0.3, 0.4) is 0 Å². The molecule has 0 saturated heterocycles. The molecule has 0 aliphatic carbocycles. The molecule has 0 unspecified atom stereocenters. The van der Waals surface area contributed by atoms with Crippen molar-refractivity contribution in [2.75, 3.05) is 5.73 Å². The molecule has 0 saturated carbocycles. The molecule has 1 aromatic heterocycles. The van der Waals surface area contributed by atoms with Crippen molar-refractivity contribution in [2.45, 2.75) is 6.43 Å². The zero-order chi connectivity index (χ0) is 10.3. The fraction of sp³-hybridized carbons (Fsp3) is 0.111. The van der Waals surface area contributed by atoms with Gasteiger partial charge in [0, 0.05) is 26.7 Å². The lowest BCUT2D eigenvalue weighted by Gasteiger charge is -2.03. The number of nitrogens with two attached hydrogens (primary N) is 1. The van der Waals surface area contributed by atoms with E-state index in [1.807, 2.05) is 0 Å². The summed E-state index contributed by atoms with van der Waals surface area (Å²) < 4.78 is 38.4. The van der Waals surface area contributed by atoms with Crippen molar-refractivity contribution in [1.29, 1.82) is 0 Å². The van der Waals surface area contributed by atoms with Gasteiger partial charge < -0.3 is 5.73 Å². The highest BCUT2D eigenvalue weighted by atomic mass is 32.1. The van der Waals surface area contributed by atoms with Gasteiger partial charge in [0.05, 0.1) is 0 Å². The Balaban J connectivity index is 2.82. The summed E-state index contributed by atoms with van der Waals surface area (Å²) in [4.78, 5) is 0. The minimum atomic E-state index is -2.63. The van der Waals surface area contributed by atoms with Crippen molar-refractivity contribution < 1.29 is 13.2 Å². The summed E-state index contributed by atoms with van der Waals surface area (Å²) in [6, 6.07) is 2.55. The molecule has 5 heteroatoms. The molecule has 0 spiro atoms. The van der Waals surface area contributed by atoms with Crippen molar-refractivity contribution in [1.82, 2.24) is 0 Å². The van der Waals surface area contributed by atoms with E-state index in [0.29, 0.717) is 0 Å². The molecule has 1 aromatic carbocycles. The molecule has 0 radical (unpaired) electrons. The average molecular weight is 217 g/mol. The summed E-state index contributed by atoms with van der Waals surface area (Å²) in [6.45, 7) is 0. The van der Waals surface area contributed by atoms with Crippen molar-refractivity contribution in [2.24, 2.45) is 0 Å². The average Bonchev–Trinajstić information content (AvgIpc) is 2.47. The fourth-order valence-electron chi connectivity index (χ4n) is 1.32. The summed E-state index contributed by atoms with van der Waals surface area (Å²) in [5.41, 5.74) is 5.35. The maximum atomic E-state index is 13.1. The molecule has 0 bridgehead atoms. The molecule has 2 rings (SSSR count). The van der Waals surface area contributed by atoms with Gasteiger partial charge in [-0.25, -0.2) is 13.2 Å². The Kier molecular flexibility index (Phi) is 2.11. The number of halogens is 3. The summed E-state index contributed by atoms with van der Waals surface area (Å²) in [6.07, 6.45) is -2.63. The molecule has 0 amide bonds. The normalized spacial score (nSPS) is 11.4. The van der Waals surface area contributed by atoms with Crippen LogP contribution < -0.4 is 5.73 Å². The molecule has 14 heavy (non-hydrogen) atoms. The number of hydrogen-bond donors (Lipinski definition) is 1. The Morgan fingerprint density at radius 3 is 2.64 bits per heavy atom. The second kappa shape index (κ2) is 3.16. The van der Waals surface area contributed by atoms with Crippen molar-refractivity contribution in [3.05, 3.63) is 28.9 Å². The third-order valence-corrected chi connectivity index (χ3v) is 2.93. The molecular weight excluding hydrogens is 211 g/mol. The van der Waals surface area contributed by atoms with Crippen molar-refractivity contribution >= 4 is 27.1 Å². The Hall–Kier alpha value is -1.23. The fourth-order valence-corrected chi connectivity index (χ4v) is 2.24. The Morgan fingerprint density at radius 1 is 1.29 bits per heavy atom. The van der Waals surface area contributed by atoms with Crippen LogP contribution in [0.15, 0.2) is 17.5 Å². The van der Waals surface area contributed by atoms with Gasteiger partial charge in [-0.2, -0.15) is 0 Å². The van der Waals surface area contributed by atoms with Crippen molar-refractivity contribution in [3.8, 4) is 0 Å². The number of nitrogen functional groups attached to an aromatic ring is 1. The number of anilines is 1. The summed E-state index contributed by atoms with van der Waals surface area (Å²) >= 11 is 0.967. The first-order chi connectivity index (χ1) is 6.59. The van der Waals surface area contributed by atoms with Gasteiger partial charge >= 0.3 is 0 Å². The lowest BCUT2D eigenvalue weighted by Crippen LogP contribution is -1.90. The van der Waals surface area contributed by atoms with Crippen LogP contribution in [0.1, 0.15) is 12.0 Å². The largest absolute Gasteiger partial charge is 0.399 e. The third kappa shape index (κ3) is 1.33. The Labute approximate surface area is 82.0 Å². The first-order valence-electron chi connectivity index (χ1n) is 3.84. The van der Waals surface area contributed by atoms with E-state index in [2.05, 4.69) is 0 Å².